The fourth-order valence-electron chi connectivity index (χ4n) is 2.49. The maximum Gasteiger partial charge on any atom is 0.356 e. The first-order valence-electron chi connectivity index (χ1n) is 6.64. The molecule has 0 spiro atoms. The minimum atomic E-state index is -1.04. The van der Waals surface area contributed by atoms with Crippen LogP contribution in [0.25, 0.3) is 0 Å². The van der Waals surface area contributed by atoms with Crippen LogP contribution < -0.4 is 4.90 Å². The van der Waals surface area contributed by atoms with Crippen molar-refractivity contribution < 1.29 is 9.90 Å². The molecule has 1 fully saturated rings. The fraction of sp³-hybridized carbons (Fsp3) is 0.615. The summed E-state index contributed by atoms with van der Waals surface area (Å²) in [6.45, 7) is 5.17. The van der Waals surface area contributed by atoms with Crippen LogP contribution in [0.4, 0.5) is 5.82 Å². The Bertz CT molecular complexity index is 435. The maximum absolute atomic E-state index is 10.8. The number of carboxylic acid groups (broad SMARTS) is 1. The first-order chi connectivity index (χ1) is 9.11. The van der Waals surface area contributed by atoms with Gasteiger partial charge in [-0.15, -0.1) is 10.2 Å². The average Bonchev–Trinajstić information content (AvgIpc) is 2.60. The van der Waals surface area contributed by atoms with Gasteiger partial charge in [-0.3, -0.25) is 0 Å². The zero-order chi connectivity index (χ0) is 13.8. The van der Waals surface area contributed by atoms with Gasteiger partial charge in [-0.2, -0.15) is 0 Å². The van der Waals surface area contributed by atoms with Crippen LogP contribution in [-0.2, 0) is 0 Å². The van der Waals surface area contributed by atoms with Gasteiger partial charge in [0.15, 0.2) is 11.5 Å². The van der Waals surface area contributed by atoms with Gasteiger partial charge in [0, 0.05) is 19.1 Å². The Hall–Kier alpha value is -1.69. The molecule has 0 aliphatic carbocycles. The van der Waals surface area contributed by atoms with Crippen molar-refractivity contribution in [3.63, 3.8) is 0 Å². The Morgan fingerprint density at radius 3 is 2.79 bits per heavy atom. The van der Waals surface area contributed by atoms with Gasteiger partial charge >= 0.3 is 5.97 Å². The maximum atomic E-state index is 10.8. The first-order valence-corrected chi connectivity index (χ1v) is 6.64. The molecule has 1 aromatic rings. The predicted octanol–water partition coefficient (Wildman–Crippen LogP) is 1.10. The summed E-state index contributed by atoms with van der Waals surface area (Å²) in [6.07, 6.45) is 2.11. The Balaban J connectivity index is 2.20. The van der Waals surface area contributed by atoms with Crippen LogP contribution in [0.5, 0.6) is 0 Å². The Labute approximate surface area is 113 Å². The van der Waals surface area contributed by atoms with E-state index in [2.05, 4.69) is 34.0 Å². The van der Waals surface area contributed by atoms with Crippen molar-refractivity contribution >= 4 is 11.8 Å². The van der Waals surface area contributed by atoms with Gasteiger partial charge in [0.2, 0.25) is 0 Å². The summed E-state index contributed by atoms with van der Waals surface area (Å²) >= 11 is 0. The number of likely N-dealkylation sites (N-methyl/N-ethyl adjacent to an activating group) is 1. The monoisotopic (exact) mass is 264 g/mol. The molecule has 0 radical (unpaired) electrons. The third-order valence-electron chi connectivity index (χ3n) is 3.54. The molecule has 0 bridgehead atoms. The quantitative estimate of drug-likeness (QED) is 0.881. The molecule has 0 saturated carbocycles. The molecule has 1 saturated heterocycles. The second-order valence-electron chi connectivity index (χ2n) is 4.95. The summed E-state index contributed by atoms with van der Waals surface area (Å²) in [7, 11) is 2.13. The third kappa shape index (κ3) is 3.20. The molecule has 0 amide bonds. The Morgan fingerprint density at radius 2 is 2.21 bits per heavy atom. The molecule has 1 N–H and O–H groups in total. The molecule has 19 heavy (non-hydrogen) atoms. The molecule has 1 unspecified atom stereocenters. The highest BCUT2D eigenvalue weighted by molar-refractivity contribution is 5.85. The van der Waals surface area contributed by atoms with Crippen molar-refractivity contribution in [2.45, 2.75) is 25.8 Å². The van der Waals surface area contributed by atoms with E-state index in [1.165, 1.54) is 6.07 Å². The molecular formula is C13H20N4O2. The number of carboxylic acids is 1. The molecule has 2 heterocycles. The highest BCUT2D eigenvalue weighted by Gasteiger charge is 2.23. The van der Waals surface area contributed by atoms with Gasteiger partial charge in [-0.1, -0.05) is 6.92 Å². The van der Waals surface area contributed by atoms with Crippen LogP contribution in [0.15, 0.2) is 12.1 Å². The lowest BCUT2D eigenvalue weighted by Crippen LogP contribution is -2.40. The number of nitrogens with zero attached hydrogens (tertiary/aromatic N) is 4. The van der Waals surface area contributed by atoms with Crippen LogP contribution >= 0.6 is 0 Å². The van der Waals surface area contributed by atoms with E-state index in [1.54, 1.807) is 6.07 Å². The number of hydrogen-bond acceptors (Lipinski definition) is 5. The zero-order valence-corrected chi connectivity index (χ0v) is 11.4. The number of carbonyl (C=O) groups is 1. The Kier molecular flexibility index (Phi) is 4.31. The molecule has 1 aromatic heterocycles. The zero-order valence-electron chi connectivity index (χ0n) is 11.4. The van der Waals surface area contributed by atoms with Gasteiger partial charge in [0.25, 0.3) is 0 Å². The molecular weight excluding hydrogens is 244 g/mol. The van der Waals surface area contributed by atoms with Crippen molar-refractivity contribution in [2.24, 2.45) is 0 Å². The van der Waals surface area contributed by atoms with Gasteiger partial charge in [0.1, 0.15) is 0 Å². The third-order valence-corrected chi connectivity index (χ3v) is 3.54. The molecule has 6 heteroatoms. The van der Waals surface area contributed by atoms with E-state index in [0.29, 0.717) is 6.04 Å². The SMILES string of the molecule is CCC1CN(C)CCCN1c1ccc(C(=O)O)nn1. The van der Waals surface area contributed by atoms with E-state index < -0.39 is 5.97 Å². The molecule has 1 atom stereocenters. The molecule has 104 valence electrons. The second-order valence-corrected chi connectivity index (χ2v) is 4.95. The number of aromatic carboxylic acids is 1. The molecule has 6 nitrogen and oxygen atoms in total. The number of anilines is 1. The van der Waals surface area contributed by atoms with Crippen molar-refractivity contribution in [3.05, 3.63) is 17.8 Å². The van der Waals surface area contributed by atoms with Crippen molar-refractivity contribution in [2.75, 3.05) is 31.6 Å². The van der Waals surface area contributed by atoms with E-state index in [-0.39, 0.29) is 5.69 Å². The standard InChI is InChI=1S/C13H20N4O2/c1-3-10-9-16(2)7-4-8-17(10)12-6-5-11(13(18)19)14-15-12/h5-6,10H,3-4,7-9H2,1-2H3,(H,18,19). The number of hydrogen-bond donors (Lipinski definition) is 1. The number of aromatic nitrogens is 2. The smallest absolute Gasteiger partial charge is 0.356 e. The lowest BCUT2D eigenvalue weighted by atomic mass is 10.2. The van der Waals surface area contributed by atoms with Crippen LogP contribution in [-0.4, -0.2) is 58.9 Å². The Morgan fingerprint density at radius 1 is 1.42 bits per heavy atom. The normalized spacial score (nSPS) is 21.2. The molecule has 1 aliphatic heterocycles. The van der Waals surface area contributed by atoms with Gasteiger partial charge in [0.05, 0.1) is 0 Å². The minimum Gasteiger partial charge on any atom is -0.476 e. The van der Waals surface area contributed by atoms with E-state index >= 15 is 0 Å². The fourth-order valence-corrected chi connectivity index (χ4v) is 2.49. The lowest BCUT2D eigenvalue weighted by molar-refractivity contribution is 0.0689. The van der Waals surface area contributed by atoms with E-state index in [1.807, 2.05) is 0 Å². The van der Waals surface area contributed by atoms with Crippen LogP contribution in [0, 0.1) is 0 Å². The summed E-state index contributed by atoms with van der Waals surface area (Å²) in [6, 6.07) is 3.67. The van der Waals surface area contributed by atoms with E-state index in [0.717, 1.165) is 38.3 Å². The van der Waals surface area contributed by atoms with E-state index in [9.17, 15) is 4.79 Å². The average molecular weight is 264 g/mol. The summed E-state index contributed by atoms with van der Waals surface area (Å²) in [4.78, 5) is 15.3. The topological polar surface area (TPSA) is 69.6 Å². The van der Waals surface area contributed by atoms with Crippen molar-refractivity contribution in [1.29, 1.82) is 0 Å². The number of rotatable bonds is 3. The molecule has 1 aliphatic rings. The predicted molar refractivity (Wildman–Crippen MR) is 72.5 cm³/mol. The van der Waals surface area contributed by atoms with Crippen molar-refractivity contribution in [3.8, 4) is 0 Å². The van der Waals surface area contributed by atoms with Crippen molar-refractivity contribution in [1.82, 2.24) is 15.1 Å². The second kappa shape index (κ2) is 5.97. The highest BCUT2D eigenvalue weighted by Crippen LogP contribution is 2.19. The van der Waals surface area contributed by atoms with Crippen LogP contribution in [0.1, 0.15) is 30.3 Å². The van der Waals surface area contributed by atoms with Gasteiger partial charge in [-0.25, -0.2) is 4.79 Å². The minimum absolute atomic E-state index is 0.0104. The molecule has 0 aromatic carbocycles. The van der Waals surface area contributed by atoms with Crippen LogP contribution in [0.3, 0.4) is 0 Å². The largest absolute Gasteiger partial charge is 0.476 e. The highest BCUT2D eigenvalue weighted by atomic mass is 16.4. The van der Waals surface area contributed by atoms with Gasteiger partial charge < -0.3 is 14.9 Å². The first kappa shape index (κ1) is 13.7. The summed E-state index contributed by atoms with van der Waals surface area (Å²) in [5, 5.41) is 16.7. The van der Waals surface area contributed by atoms with Gasteiger partial charge in [-0.05, 0) is 38.6 Å². The summed E-state index contributed by atoms with van der Waals surface area (Å²) in [5.74, 6) is -0.270. The lowest BCUT2D eigenvalue weighted by Gasteiger charge is -2.30. The molecule has 2 rings (SSSR count). The van der Waals surface area contributed by atoms with Crippen LogP contribution in [0.2, 0.25) is 0 Å². The summed E-state index contributed by atoms with van der Waals surface area (Å²) in [5.41, 5.74) is -0.0104. The van der Waals surface area contributed by atoms with E-state index in [4.69, 9.17) is 5.11 Å². The summed E-state index contributed by atoms with van der Waals surface area (Å²) < 4.78 is 0.